The average molecular weight is 274 g/mol. The number of aryl methyl sites for hydroxylation is 1. The van der Waals surface area contributed by atoms with Crippen LogP contribution in [0, 0.1) is 18.3 Å². The van der Waals surface area contributed by atoms with Gasteiger partial charge >= 0.3 is 5.97 Å². The molecule has 1 fully saturated rings. The zero-order valence-corrected chi connectivity index (χ0v) is 11.7. The second-order valence-corrected chi connectivity index (χ2v) is 4.63. The third-order valence-electron chi connectivity index (χ3n) is 3.17. The van der Waals surface area contributed by atoms with E-state index in [1.54, 1.807) is 19.1 Å². The number of ether oxygens (including phenoxy) is 1. The lowest BCUT2D eigenvalue weighted by atomic mass is 10.1. The lowest BCUT2D eigenvalue weighted by molar-refractivity contribution is -0.144. The maximum atomic E-state index is 12.0. The molecule has 2 heterocycles. The molecule has 1 saturated heterocycles. The van der Waals surface area contributed by atoms with Crippen molar-refractivity contribution in [3.8, 4) is 6.07 Å². The van der Waals surface area contributed by atoms with Crippen molar-refractivity contribution in [1.82, 2.24) is 10.3 Å². The zero-order valence-electron chi connectivity index (χ0n) is 11.7. The molecule has 1 N–H and O–H groups in total. The van der Waals surface area contributed by atoms with Gasteiger partial charge in [-0.15, -0.1) is 0 Å². The summed E-state index contributed by atoms with van der Waals surface area (Å²) in [7, 11) is 0. The number of piperazine rings is 1. The van der Waals surface area contributed by atoms with Gasteiger partial charge in [-0.05, 0) is 26.0 Å². The molecule has 1 atom stereocenters. The SMILES string of the molecule is CCOC(=O)C1CNCCN1c1cc(C#N)cc(C)n1. The number of hydrogen-bond donors (Lipinski definition) is 1. The average Bonchev–Trinajstić information content (AvgIpc) is 2.46. The van der Waals surface area contributed by atoms with Crippen molar-refractivity contribution in [2.45, 2.75) is 19.9 Å². The molecular formula is C14H18N4O2. The second kappa shape index (κ2) is 6.35. The predicted molar refractivity (Wildman–Crippen MR) is 74.3 cm³/mol. The smallest absolute Gasteiger partial charge is 0.330 e. The molecule has 0 spiro atoms. The Morgan fingerprint density at radius 1 is 1.65 bits per heavy atom. The summed E-state index contributed by atoms with van der Waals surface area (Å²) in [6.07, 6.45) is 0. The molecule has 6 heteroatoms. The van der Waals surface area contributed by atoms with E-state index in [9.17, 15) is 4.79 Å². The fourth-order valence-corrected chi connectivity index (χ4v) is 2.29. The van der Waals surface area contributed by atoms with Gasteiger partial charge in [0.05, 0.1) is 18.2 Å². The minimum Gasteiger partial charge on any atom is -0.464 e. The van der Waals surface area contributed by atoms with Crippen molar-refractivity contribution in [3.05, 3.63) is 23.4 Å². The fraction of sp³-hybridized carbons (Fsp3) is 0.500. The number of anilines is 1. The summed E-state index contributed by atoms with van der Waals surface area (Å²) >= 11 is 0. The Morgan fingerprint density at radius 2 is 2.45 bits per heavy atom. The van der Waals surface area contributed by atoms with Crippen molar-refractivity contribution < 1.29 is 9.53 Å². The van der Waals surface area contributed by atoms with E-state index in [-0.39, 0.29) is 5.97 Å². The van der Waals surface area contributed by atoms with Crippen molar-refractivity contribution >= 4 is 11.8 Å². The number of rotatable bonds is 3. The zero-order chi connectivity index (χ0) is 14.5. The van der Waals surface area contributed by atoms with E-state index in [2.05, 4.69) is 16.4 Å². The number of esters is 1. The molecular weight excluding hydrogens is 256 g/mol. The molecule has 1 unspecified atom stereocenters. The van der Waals surface area contributed by atoms with Crippen molar-refractivity contribution in [2.24, 2.45) is 0 Å². The predicted octanol–water partition coefficient (Wildman–Crippen LogP) is 0.603. The van der Waals surface area contributed by atoms with Crippen LogP contribution in [0.25, 0.3) is 0 Å². The normalized spacial score (nSPS) is 18.4. The van der Waals surface area contributed by atoms with E-state index in [0.717, 1.165) is 12.2 Å². The number of nitrogens with one attached hydrogen (secondary N) is 1. The van der Waals surface area contributed by atoms with Gasteiger partial charge < -0.3 is 15.0 Å². The molecule has 1 aliphatic heterocycles. The van der Waals surface area contributed by atoms with Crippen LogP contribution in [0.5, 0.6) is 0 Å². The Labute approximate surface area is 118 Å². The quantitative estimate of drug-likeness (QED) is 0.813. The first-order valence-electron chi connectivity index (χ1n) is 6.68. The molecule has 106 valence electrons. The van der Waals surface area contributed by atoms with Gasteiger partial charge in [-0.2, -0.15) is 5.26 Å². The lowest BCUT2D eigenvalue weighted by Crippen LogP contribution is -2.56. The van der Waals surface area contributed by atoms with Crippen LogP contribution in [0.15, 0.2) is 12.1 Å². The molecule has 0 saturated carbocycles. The molecule has 0 amide bonds. The van der Waals surface area contributed by atoms with Gasteiger partial charge in [0.15, 0.2) is 0 Å². The van der Waals surface area contributed by atoms with Crippen molar-refractivity contribution in [3.63, 3.8) is 0 Å². The van der Waals surface area contributed by atoms with Crippen LogP contribution < -0.4 is 10.2 Å². The molecule has 0 radical (unpaired) electrons. The van der Waals surface area contributed by atoms with Crippen molar-refractivity contribution in [1.29, 1.82) is 5.26 Å². The molecule has 1 aromatic rings. The van der Waals surface area contributed by atoms with Crippen LogP contribution in [-0.4, -0.2) is 43.2 Å². The number of carbonyl (C=O) groups is 1. The fourth-order valence-electron chi connectivity index (χ4n) is 2.29. The third kappa shape index (κ3) is 3.06. The Kier molecular flexibility index (Phi) is 4.53. The van der Waals surface area contributed by atoms with E-state index >= 15 is 0 Å². The van der Waals surface area contributed by atoms with Gasteiger partial charge in [-0.3, -0.25) is 0 Å². The highest BCUT2D eigenvalue weighted by Crippen LogP contribution is 2.19. The number of hydrogen-bond acceptors (Lipinski definition) is 6. The maximum absolute atomic E-state index is 12.0. The highest BCUT2D eigenvalue weighted by atomic mass is 16.5. The first kappa shape index (κ1) is 14.3. The summed E-state index contributed by atoms with van der Waals surface area (Å²) in [6, 6.07) is 5.16. The standard InChI is InChI=1S/C14H18N4O2/c1-3-20-14(19)12-9-16-4-5-18(12)13-7-11(8-15)6-10(2)17-13/h6-7,12,16H,3-5,9H2,1-2H3. The van der Waals surface area contributed by atoms with Crippen LogP contribution in [0.3, 0.4) is 0 Å². The highest BCUT2D eigenvalue weighted by molar-refractivity contribution is 5.80. The molecule has 1 aromatic heterocycles. The molecule has 0 bridgehead atoms. The number of nitriles is 1. The summed E-state index contributed by atoms with van der Waals surface area (Å²) in [5.41, 5.74) is 1.31. The maximum Gasteiger partial charge on any atom is 0.330 e. The van der Waals surface area contributed by atoms with Crippen LogP contribution in [0.4, 0.5) is 5.82 Å². The minimum absolute atomic E-state index is 0.262. The third-order valence-corrected chi connectivity index (χ3v) is 3.17. The van der Waals surface area contributed by atoms with Gasteiger partial charge in [0, 0.05) is 25.3 Å². The van der Waals surface area contributed by atoms with Gasteiger partial charge in [0.1, 0.15) is 11.9 Å². The molecule has 6 nitrogen and oxygen atoms in total. The summed E-state index contributed by atoms with van der Waals surface area (Å²) in [6.45, 7) is 5.94. The lowest BCUT2D eigenvalue weighted by Gasteiger charge is -2.35. The van der Waals surface area contributed by atoms with E-state index in [4.69, 9.17) is 10.00 Å². The summed E-state index contributed by atoms with van der Waals surface area (Å²) in [5.74, 6) is 0.391. The minimum atomic E-state index is -0.399. The Morgan fingerprint density at radius 3 is 3.15 bits per heavy atom. The topological polar surface area (TPSA) is 78.2 Å². The van der Waals surface area contributed by atoms with Gasteiger partial charge in [0.25, 0.3) is 0 Å². The van der Waals surface area contributed by atoms with Crippen LogP contribution in [0.2, 0.25) is 0 Å². The first-order valence-corrected chi connectivity index (χ1v) is 6.68. The Balaban J connectivity index is 2.30. The molecule has 0 aliphatic carbocycles. The molecule has 1 aliphatic rings. The molecule has 2 rings (SSSR count). The van der Waals surface area contributed by atoms with Crippen LogP contribution in [0.1, 0.15) is 18.2 Å². The molecule has 20 heavy (non-hydrogen) atoms. The Hall–Kier alpha value is -2.13. The van der Waals surface area contributed by atoms with E-state index in [0.29, 0.717) is 31.1 Å². The van der Waals surface area contributed by atoms with Crippen molar-refractivity contribution in [2.75, 3.05) is 31.1 Å². The first-order chi connectivity index (χ1) is 9.65. The largest absolute Gasteiger partial charge is 0.464 e. The number of nitrogens with zero attached hydrogens (tertiary/aromatic N) is 3. The van der Waals surface area contributed by atoms with Gasteiger partial charge in [0.2, 0.25) is 0 Å². The number of aromatic nitrogens is 1. The van der Waals surface area contributed by atoms with Crippen LogP contribution >= 0.6 is 0 Å². The number of carbonyl (C=O) groups excluding carboxylic acids is 1. The van der Waals surface area contributed by atoms with Crippen LogP contribution in [-0.2, 0) is 9.53 Å². The van der Waals surface area contributed by atoms with E-state index in [1.807, 2.05) is 11.8 Å². The van der Waals surface area contributed by atoms with E-state index in [1.165, 1.54) is 0 Å². The second-order valence-electron chi connectivity index (χ2n) is 4.63. The monoisotopic (exact) mass is 274 g/mol. The highest BCUT2D eigenvalue weighted by Gasteiger charge is 2.30. The summed E-state index contributed by atoms with van der Waals surface area (Å²) in [4.78, 5) is 18.4. The van der Waals surface area contributed by atoms with Gasteiger partial charge in [-0.1, -0.05) is 0 Å². The summed E-state index contributed by atoms with van der Waals surface area (Å²) < 4.78 is 5.11. The summed E-state index contributed by atoms with van der Waals surface area (Å²) in [5, 5.41) is 12.2. The number of pyridine rings is 1. The van der Waals surface area contributed by atoms with Gasteiger partial charge in [-0.25, -0.2) is 9.78 Å². The Bertz CT molecular complexity index is 538. The molecule has 0 aromatic carbocycles. The van der Waals surface area contributed by atoms with E-state index < -0.39 is 6.04 Å².